The standard InChI is InChI=1S/C22H29NO3/c1-6-21(26-20-12-16(3)11-17(4)13-20)22(24)23-18(5)14-25-19-9-7-15(2)8-10-19/h7-13,18,21H,6,14H2,1-5H3,(H,23,24)/t18-,21-/m1/s1. The summed E-state index contributed by atoms with van der Waals surface area (Å²) in [5.41, 5.74) is 3.43. The molecule has 0 bridgehead atoms. The highest BCUT2D eigenvalue weighted by Crippen LogP contribution is 2.18. The lowest BCUT2D eigenvalue weighted by atomic mass is 10.1. The summed E-state index contributed by atoms with van der Waals surface area (Å²) < 4.78 is 11.6. The number of carbonyl (C=O) groups excluding carboxylic acids is 1. The van der Waals surface area contributed by atoms with Crippen LogP contribution in [0.25, 0.3) is 0 Å². The molecule has 0 radical (unpaired) electrons. The van der Waals surface area contributed by atoms with Crippen LogP contribution >= 0.6 is 0 Å². The second kappa shape index (κ2) is 9.27. The number of aryl methyl sites for hydroxylation is 3. The van der Waals surface area contributed by atoms with Crippen molar-refractivity contribution in [3.05, 3.63) is 59.2 Å². The first-order valence-corrected chi connectivity index (χ1v) is 9.12. The van der Waals surface area contributed by atoms with Crippen molar-refractivity contribution < 1.29 is 14.3 Å². The zero-order valence-electron chi connectivity index (χ0n) is 16.3. The third-order valence-corrected chi connectivity index (χ3v) is 4.05. The van der Waals surface area contributed by atoms with Crippen LogP contribution in [0.4, 0.5) is 0 Å². The zero-order chi connectivity index (χ0) is 19.1. The van der Waals surface area contributed by atoms with Gasteiger partial charge in [0.1, 0.15) is 18.1 Å². The Kier molecular flexibility index (Phi) is 7.07. The molecule has 2 aromatic rings. The van der Waals surface area contributed by atoms with Crippen LogP contribution in [0.3, 0.4) is 0 Å². The van der Waals surface area contributed by atoms with Crippen LogP contribution < -0.4 is 14.8 Å². The minimum Gasteiger partial charge on any atom is -0.491 e. The Morgan fingerprint density at radius 3 is 2.15 bits per heavy atom. The highest BCUT2D eigenvalue weighted by atomic mass is 16.5. The fraction of sp³-hybridized carbons (Fsp3) is 0.409. The summed E-state index contributed by atoms with van der Waals surface area (Å²) in [5, 5.41) is 2.97. The summed E-state index contributed by atoms with van der Waals surface area (Å²) in [6.07, 6.45) is 0.0858. The summed E-state index contributed by atoms with van der Waals surface area (Å²) in [7, 11) is 0. The first kappa shape index (κ1) is 19.8. The van der Waals surface area contributed by atoms with E-state index in [-0.39, 0.29) is 11.9 Å². The van der Waals surface area contributed by atoms with Crippen molar-refractivity contribution in [1.82, 2.24) is 5.32 Å². The van der Waals surface area contributed by atoms with Crippen LogP contribution in [-0.4, -0.2) is 24.7 Å². The van der Waals surface area contributed by atoms with Gasteiger partial charge in [0.15, 0.2) is 6.10 Å². The summed E-state index contributed by atoms with van der Waals surface area (Å²) >= 11 is 0. The van der Waals surface area contributed by atoms with Gasteiger partial charge in [0, 0.05) is 0 Å². The minimum absolute atomic E-state index is 0.110. The van der Waals surface area contributed by atoms with E-state index >= 15 is 0 Å². The number of hydrogen-bond acceptors (Lipinski definition) is 3. The highest BCUT2D eigenvalue weighted by Gasteiger charge is 2.20. The molecule has 0 aromatic heterocycles. The first-order valence-electron chi connectivity index (χ1n) is 9.12. The molecule has 26 heavy (non-hydrogen) atoms. The van der Waals surface area contributed by atoms with Crippen molar-refractivity contribution in [1.29, 1.82) is 0 Å². The number of amides is 1. The smallest absolute Gasteiger partial charge is 0.261 e. The van der Waals surface area contributed by atoms with Crippen LogP contribution in [0.5, 0.6) is 11.5 Å². The van der Waals surface area contributed by atoms with Crippen LogP contribution in [0, 0.1) is 20.8 Å². The Labute approximate surface area is 156 Å². The van der Waals surface area contributed by atoms with E-state index in [0.29, 0.717) is 13.0 Å². The van der Waals surface area contributed by atoms with E-state index in [0.717, 1.165) is 22.6 Å². The largest absolute Gasteiger partial charge is 0.491 e. The van der Waals surface area contributed by atoms with E-state index in [9.17, 15) is 4.79 Å². The maximum absolute atomic E-state index is 12.5. The molecule has 0 heterocycles. The van der Waals surface area contributed by atoms with Crippen molar-refractivity contribution in [3.8, 4) is 11.5 Å². The molecule has 0 unspecified atom stereocenters. The fourth-order valence-electron chi connectivity index (χ4n) is 2.72. The average molecular weight is 355 g/mol. The van der Waals surface area contributed by atoms with Gasteiger partial charge in [-0.2, -0.15) is 0 Å². The molecule has 140 valence electrons. The molecule has 4 nitrogen and oxygen atoms in total. The lowest BCUT2D eigenvalue weighted by Crippen LogP contribution is -2.44. The number of hydrogen-bond donors (Lipinski definition) is 1. The van der Waals surface area contributed by atoms with Gasteiger partial charge in [-0.15, -0.1) is 0 Å². The van der Waals surface area contributed by atoms with Crippen LogP contribution in [0.2, 0.25) is 0 Å². The zero-order valence-corrected chi connectivity index (χ0v) is 16.3. The Morgan fingerprint density at radius 2 is 1.58 bits per heavy atom. The lowest BCUT2D eigenvalue weighted by Gasteiger charge is -2.21. The predicted octanol–water partition coefficient (Wildman–Crippen LogP) is 4.35. The Hall–Kier alpha value is -2.49. The topological polar surface area (TPSA) is 47.6 Å². The molecular weight excluding hydrogens is 326 g/mol. The minimum atomic E-state index is -0.516. The van der Waals surface area contributed by atoms with Gasteiger partial charge in [-0.25, -0.2) is 0 Å². The average Bonchev–Trinajstić information content (AvgIpc) is 2.58. The summed E-state index contributed by atoms with van der Waals surface area (Å²) in [4.78, 5) is 12.5. The Balaban J connectivity index is 1.87. The van der Waals surface area contributed by atoms with Crippen LogP contribution in [0.1, 0.15) is 37.0 Å². The fourth-order valence-corrected chi connectivity index (χ4v) is 2.72. The molecule has 0 aliphatic carbocycles. The number of carbonyl (C=O) groups is 1. The normalized spacial score (nSPS) is 13.0. The molecule has 1 N–H and O–H groups in total. The third kappa shape index (κ3) is 6.10. The number of rotatable bonds is 8. The number of benzene rings is 2. The van der Waals surface area contributed by atoms with Gasteiger partial charge >= 0.3 is 0 Å². The summed E-state index contributed by atoms with van der Waals surface area (Å²) in [5.74, 6) is 1.41. The molecule has 0 fully saturated rings. The molecule has 0 aliphatic rings. The van der Waals surface area contributed by atoms with Gasteiger partial charge < -0.3 is 14.8 Å². The maximum Gasteiger partial charge on any atom is 0.261 e. The SMILES string of the molecule is CC[C@@H](Oc1cc(C)cc(C)c1)C(=O)N[C@H](C)COc1ccc(C)cc1. The van der Waals surface area contributed by atoms with Crippen molar-refractivity contribution in [2.45, 2.75) is 53.2 Å². The second-order valence-electron chi connectivity index (χ2n) is 6.87. The predicted molar refractivity (Wildman–Crippen MR) is 105 cm³/mol. The molecule has 0 spiro atoms. The van der Waals surface area contributed by atoms with Crippen molar-refractivity contribution in [3.63, 3.8) is 0 Å². The lowest BCUT2D eigenvalue weighted by molar-refractivity contribution is -0.128. The Bertz CT molecular complexity index is 704. The van der Waals surface area contributed by atoms with Crippen molar-refractivity contribution in [2.24, 2.45) is 0 Å². The van der Waals surface area contributed by atoms with E-state index in [4.69, 9.17) is 9.47 Å². The van der Waals surface area contributed by atoms with E-state index in [1.165, 1.54) is 5.56 Å². The molecule has 2 atom stereocenters. The van der Waals surface area contributed by atoms with Gasteiger partial charge in [-0.3, -0.25) is 4.79 Å². The molecule has 0 saturated carbocycles. The van der Waals surface area contributed by atoms with E-state index in [2.05, 4.69) is 11.4 Å². The monoisotopic (exact) mass is 355 g/mol. The van der Waals surface area contributed by atoms with E-state index in [1.54, 1.807) is 0 Å². The van der Waals surface area contributed by atoms with Gasteiger partial charge in [-0.1, -0.05) is 30.7 Å². The molecule has 4 heteroatoms. The number of ether oxygens (including phenoxy) is 2. The van der Waals surface area contributed by atoms with Gasteiger partial charge in [0.25, 0.3) is 5.91 Å². The van der Waals surface area contributed by atoms with Crippen LogP contribution in [-0.2, 0) is 4.79 Å². The number of nitrogens with one attached hydrogen (secondary N) is 1. The molecule has 2 rings (SSSR count). The Morgan fingerprint density at radius 1 is 0.962 bits per heavy atom. The van der Waals surface area contributed by atoms with Gasteiger partial charge in [-0.05, 0) is 69.5 Å². The molecule has 2 aromatic carbocycles. The molecule has 0 aliphatic heterocycles. The first-order chi connectivity index (χ1) is 12.4. The van der Waals surface area contributed by atoms with E-state index < -0.39 is 6.10 Å². The maximum atomic E-state index is 12.5. The molecule has 0 saturated heterocycles. The quantitative estimate of drug-likeness (QED) is 0.766. The molecule has 1 amide bonds. The van der Waals surface area contributed by atoms with Gasteiger partial charge in [0.05, 0.1) is 6.04 Å². The van der Waals surface area contributed by atoms with Crippen LogP contribution in [0.15, 0.2) is 42.5 Å². The summed E-state index contributed by atoms with van der Waals surface area (Å²) in [6.45, 7) is 10.4. The van der Waals surface area contributed by atoms with Crippen molar-refractivity contribution in [2.75, 3.05) is 6.61 Å². The van der Waals surface area contributed by atoms with Gasteiger partial charge in [0.2, 0.25) is 0 Å². The van der Waals surface area contributed by atoms with Crippen molar-refractivity contribution >= 4 is 5.91 Å². The molecular formula is C22H29NO3. The highest BCUT2D eigenvalue weighted by molar-refractivity contribution is 5.81. The summed E-state index contributed by atoms with van der Waals surface area (Å²) in [6, 6.07) is 13.7. The third-order valence-electron chi connectivity index (χ3n) is 4.05. The van der Waals surface area contributed by atoms with E-state index in [1.807, 2.05) is 71.0 Å². The second-order valence-corrected chi connectivity index (χ2v) is 6.87.